The SMILES string of the molecule is COc1cccc(C(=O)N2CCC[C@@H](c3cc(Nc4ncccc4C)cc(C)n3)C2)c1. The smallest absolute Gasteiger partial charge is 0.254 e. The number of benzene rings is 1. The minimum atomic E-state index is 0.0405. The summed E-state index contributed by atoms with van der Waals surface area (Å²) in [6, 6.07) is 15.4. The van der Waals surface area contributed by atoms with Gasteiger partial charge in [-0.2, -0.15) is 0 Å². The normalized spacial score (nSPS) is 16.1. The van der Waals surface area contributed by atoms with Crippen LogP contribution in [0.1, 0.15) is 46.1 Å². The van der Waals surface area contributed by atoms with Crippen LogP contribution in [0, 0.1) is 13.8 Å². The van der Waals surface area contributed by atoms with Gasteiger partial charge in [-0.3, -0.25) is 9.78 Å². The minimum Gasteiger partial charge on any atom is -0.497 e. The number of rotatable bonds is 5. The highest BCUT2D eigenvalue weighted by molar-refractivity contribution is 5.94. The van der Waals surface area contributed by atoms with E-state index < -0.39 is 0 Å². The number of methoxy groups -OCH3 is 1. The summed E-state index contributed by atoms with van der Waals surface area (Å²) < 4.78 is 5.27. The van der Waals surface area contributed by atoms with Crippen LogP contribution in [0.25, 0.3) is 0 Å². The number of nitrogens with one attached hydrogen (secondary N) is 1. The Morgan fingerprint density at radius 2 is 2.03 bits per heavy atom. The minimum absolute atomic E-state index is 0.0405. The summed E-state index contributed by atoms with van der Waals surface area (Å²) in [6.45, 7) is 5.46. The summed E-state index contributed by atoms with van der Waals surface area (Å²) in [6.07, 6.45) is 3.76. The molecule has 0 radical (unpaired) electrons. The number of hydrogen-bond donors (Lipinski definition) is 1. The summed E-state index contributed by atoms with van der Waals surface area (Å²) >= 11 is 0. The van der Waals surface area contributed by atoms with Crippen molar-refractivity contribution in [1.82, 2.24) is 14.9 Å². The molecule has 4 rings (SSSR count). The van der Waals surface area contributed by atoms with Crippen LogP contribution in [-0.2, 0) is 0 Å². The quantitative estimate of drug-likeness (QED) is 0.643. The molecule has 0 bridgehead atoms. The Hall–Kier alpha value is -3.41. The molecular formula is C25H28N4O2. The van der Waals surface area contributed by atoms with Crippen molar-refractivity contribution in [2.75, 3.05) is 25.5 Å². The highest BCUT2D eigenvalue weighted by Crippen LogP contribution is 2.30. The number of aromatic nitrogens is 2. The van der Waals surface area contributed by atoms with E-state index in [2.05, 4.69) is 16.4 Å². The van der Waals surface area contributed by atoms with Crippen molar-refractivity contribution in [3.63, 3.8) is 0 Å². The average molecular weight is 417 g/mol. The molecule has 1 saturated heterocycles. The number of carbonyl (C=O) groups excluding carboxylic acids is 1. The Labute approximate surface area is 183 Å². The number of carbonyl (C=O) groups is 1. The summed E-state index contributed by atoms with van der Waals surface area (Å²) in [5.41, 5.74) is 4.68. The topological polar surface area (TPSA) is 67.3 Å². The van der Waals surface area contributed by atoms with E-state index in [0.717, 1.165) is 47.8 Å². The molecule has 1 fully saturated rings. The fourth-order valence-electron chi connectivity index (χ4n) is 4.07. The molecule has 0 unspecified atom stereocenters. The van der Waals surface area contributed by atoms with Gasteiger partial charge in [-0.15, -0.1) is 0 Å². The summed E-state index contributed by atoms with van der Waals surface area (Å²) in [7, 11) is 1.61. The van der Waals surface area contributed by atoms with Gasteiger partial charge in [0.25, 0.3) is 5.91 Å². The second kappa shape index (κ2) is 9.16. The second-order valence-electron chi connectivity index (χ2n) is 8.04. The first-order valence-electron chi connectivity index (χ1n) is 10.6. The number of hydrogen-bond acceptors (Lipinski definition) is 5. The van der Waals surface area contributed by atoms with Gasteiger partial charge < -0.3 is 15.0 Å². The van der Waals surface area contributed by atoms with Gasteiger partial charge >= 0.3 is 0 Å². The van der Waals surface area contributed by atoms with Gasteiger partial charge in [-0.05, 0) is 68.7 Å². The lowest BCUT2D eigenvalue weighted by molar-refractivity contribution is 0.0705. The van der Waals surface area contributed by atoms with Crippen molar-refractivity contribution in [2.24, 2.45) is 0 Å². The largest absolute Gasteiger partial charge is 0.497 e. The third kappa shape index (κ3) is 4.85. The van der Waals surface area contributed by atoms with Gasteiger partial charge in [0.1, 0.15) is 11.6 Å². The number of ether oxygens (including phenoxy) is 1. The first-order valence-corrected chi connectivity index (χ1v) is 10.6. The fourth-order valence-corrected chi connectivity index (χ4v) is 4.07. The molecule has 1 aliphatic heterocycles. The van der Waals surface area contributed by atoms with E-state index >= 15 is 0 Å². The molecule has 0 saturated carbocycles. The van der Waals surface area contributed by atoms with Gasteiger partial charge in [0.05, 0.1) is 7.11 Å². The molecule has 2 aromatic heterocycles. The third-order valence-corrected chi connectivity index (χ3v) is 5.69. The summed E-state index contributed by atoms with van der Waals surface area (Å²) in [5.74, 6) is 1.78. The van der Waals surface area contributed by atoms with Gasteiger partial charge in [0, 0.05) is 47.8 Å². The van der Waals surface area contributed by atoms with E-state index in [1.807, 2.05) is 55.1 Å². The van der Waals surface area contributed by atoms with Gasteiger partial charge in [0.2, 0.25) is 0 Å². The molecule has 31 heavy (non-hydrogen) atoms. The Bertz CT molecular complexity index is 1080. The maximum atomic E-state index is 13.1. The summed E-state index contributed by atoms with van der Waals surface area (Å²) in [5, 5.41) is 3.42. The Kier molecular flexibility index (Phi) is 6.16. The molecule has 1 amide bonds. The van der Waals surface area contributed by atoms with Crippen molar-refractivity contribution in [3.8, 4) is 5.75 Å². The molecule has 1 atom stereocenters. The predicted molar refractivity (Wildman–Crippen MR) is 122 cm³/mol. The molecule has 3 aromatic rings. The number of likely N-dealkylation sites (tertiary alicyclic amines) is 1. The molecule has 1 aromatic carbocycles. The van der Waals surface area contributed by atoms with Gasteiger partial charge in [0.15, 0.2) is 0 Å². The predicted octanol–water partition coefficient (Wildman–Crippen LogP) is 4.87. The van der Waals surface area contributed by atoms with Crippen molar-refractivity contribution in [3.05, 3.63) is 77.2 Å². The second-order valence-corrected chi connectivity index (χ2v) is 8.04. The zero-order chi connectivity index (χ0) is 21.8. The van der Waals surface area contributed by atoms with Crippen LogP contribution >= 0.6 is 0 Å². The lowest BCUT2D eigenvalue weighted by atomic mass is 9.93. The van der Waals surface area contributed by atoms with Crippen LogP contribution < -0.4 is 10.1 Å². The number of aryl methyl sites for hydroxylation is 2. The van der Waals surface area contributed by atoms with E-state index in [-0.39, 0.29) is 11.8 Å². The summed E-state index contributed by atoms with van der Waals surface area (Å²) in [4.78, 5) is 24.3. The van der Waals surface area contributed by atoms with Crippen molar-refractivity contribution in [2.45, 2.75) is 32.6 Å². The van der Waals surface area contributed by atoms with Crippen LogP contribution in [0.15, 0.2) is 54.7 Å². The highest BCUT2D eigenvalue weighted by Gasteiger charge is 2.27. The van der Waals surface area contributed by atoms with Gasteiger partial charge in [-0.1, -0.05) is 12.1 Å². The number of piperidine rings is 1. The Balaban J connectivity index is 1.53. The lowest BCUT2D eigenvalue weighted by Crippen LogP contribution is -2.39. The van der Waals surface area contributed by atoms with E-state index in [4.69, 9.17) is 9.72 Å². The number of pyridine rings is 2. The third-order valence-electron chi connectivity index (χ3n) is 5.69. The van der Waals surface area contributed by atoms with Gasteiger partial charge in [-0.25, -0.2) is 4.98 Å². The molecule has 6 nitrogen and oxygen atoms in total. The first kappa shape index (κ1) is 20.8. The Morgan fingerprint density at radius 3 is 2.84 bits per heavy atom. The maximum Gasteiger partial charge on any atom is 0.254 e. The molecular weight excluding hydrogens is 388 g/mol. The van der Waals surface area contributed by atoms with Crippen LogP contribution in [0.5, 0.6) is 5.75 Å². The van der Waals surface area contributed by atoms with E-state index in [1.54, 1.807) is 19.4 Å². The zero-order valence-electron chi connectivity index (χ0n) is 18.3. The number of anilines is 2. The molecule has 0 spiro atoms. The average Bonchev–Trinajstić information content (AvgIpc) is 2.80. The van der Waals surface area contributed by atoms with Crippen molar-refractivity contribution in [1.29, 1.82) is 0 Å². The molecule has 1 N–H and O–H groups in total. The van der Waals surface area contributed by atoms with E-state index in [1.165, 1.54) is 0 Å². The Morgan fingerprint density at radius 1 is 1.16 bits per heavy atom. The number of nitrogens with zero attached hydrogens (tertiary/aromatic N) is 3. The van der Waals surface area contributed by atoms with E-state index in [0.29, 0.717) is 17.9 Å². The fraction of sp³-hybridized carbons (Fsp3) is 0.320. The maximum absolute atomic E-state index is 13.1. The van der Waals surface area contributed by atoms with Crippen LogP contribution in [0.4, 0.5) is 11.5 Å². The zero-order valence-corrected chi connectivity index (χ0v) is 18.3. The highest BCUT2D eigenvalue weighted by atomic mass is 16.5. The van der Waals surface area contributed by atoms with Crippen molar-refractivity contribution >= 4 is 17.4 Å². The van der Waals surface area contributed by atoms with Crippen molar-refractivity contribution < 1.29 is 9.53 Å². The van der Waals surface area contributed by atoms with E-state index in [9.17, 15) is 4.79 Å². The molecule has 0 aliphatic carbocycles. The molecule has 1 aliphatic rings. The van der Waals surface area contributed by atoms with Crippen LogP contribution in [0.3, 0.4) is 0 Å². The molecule has 3 heterocycles. The standard InChI is InChI=1S/C25H28N4O2/c1-17-7-5-11-26-24(17)28-21-13-18(2)27-23(15-21)20-9-6-12-29(16-20)25(30)19-8-4-10-22(14-19)31-3/h4-5,7-8,10-11,13-15,20H,6,9,12,16H2,1-3H3,(H,26,27,28)/t20-/m1/s1. The van der Waals surface area contributed by atoms with Crippen LogP contribution in [-0.4, -0.2) is 41.0 Å². The number of amides is 1. The first-order chi connectivity index (χ1) is 15.0. The lowest BCUT2D eigenvalue weighted by Gasteiger charge is -2.33. The molecule has 160 valence electrons. The molecule has 6 heteroatoms. The monoisotopic (exact) mass is 416 g/mol. The van der Waals surface area contributed by atoms with Crippen LogP contribution in [0.2, 0.25) is 0 Å².